The summed E-state index contributed by atoms with van der Waals surface area (Å²) >= 11 is 0. The van der Waals surface area contributed by atoms with E-state index in [1.807, 2.05) is 57.9 Å². The molecule has 0 atom stereocenters. The maximum atomic E-state index is 12.6. The molecule has 0 radical (unpaired) electrons. The summed E-state index contributed by atoms with van der Waals surface area (Å²) in [5, 5.41) is 0. The fourth-order valence-electron chi connectivity index (χ4n) is 3.27. The fraction of sp³-hybridized carbons (Fsp3) is 0.400. The molecule has 0 bridgehead atoms. The molecule has 25 heavy (non-hydrogen) atoms. The summed E-state index contributed by atoms with van der Waals surface area (Å²) in [6.07, 6.45) is 4.00. The van der Waals surface area contributed by atoms with Gasteiger partial charge < -0.3 is 14.4 Å². The molecule has 3 rings (SSSR count). The molecule has 1 aromatic heterocycles. The predicted molar refractivity (Wildman–Crippen MR) is 97.3 cm³/mol. The molecule has 5 heteroatoms. The number of amides is 2. The molecular formula is C20H25N3O2. The van der Waals surface area contributed by atoms with E-state index in [1.54, 1.807) is 0 Å². The van der Waals surface area contributed by atoms with E-state index in [-0.39, 0.29) is 11.8 Å². The standard InChI is InChI=1S/C20H25N3O2/c1-21-12-5-9-18(21)20(25)23-14-6-13-22(15-16-23)19(24)11-10-17-7-3-2-4-8-17/h2-5,7-9,12H,6,10-11,13-16H2,1H3. The van der Waals surface area contributed by atoms with Crippen LogP contribution >= 0.6 is 0 Å². The first kappa shape index (κ1) is 17.3. The van der Waals surface area contributed by atoms with E-state index in [0.717, 1.165) is 19.4 Å². The third-order valence-electron chi connectivity index (χ3n) is 4.77. The summed E-state index contributed by atoms with van der Waals surface area (Å²) in [5.41, 5.74) is 1.88. The number of aromatic nitrogens is 1. The Morgan fingerprint density at radius 3 is 2.36 bits per heavy atom. The van der Waals surface area contributed by atoms with Gasteiger partial charge >= 0.3 is 0 Å². The van der Waals surface area contributed by atoms with Crippen molar-refractivity contribution in [2.45, 2.75) is 19.3 Å². The third kappa shape index (κ3) is 4.29. The van der Waals surface area contributed by atoms with Gasteiger partial charge in [-0.2, -0.15) is 0 Å². The highest BCUT2D eigenvalue weighted by molar-refractivity contribution is 5.92. The maximum Gasteiger partial charge on any atom is 0.270 e. The number of hydrogen-bond donors (Lipinski definition) is 0. The van der Waals surface area contributed by atoms with Crippen molar-refractivity contribution in [3.8, 4) is 0 Å². The minimum atomic E-state index is 0.0473. The molecule has 1 saturated heterocycles. The molecule has 132 valence electrons. The van der Waals surface area contributed by atoms with Gasteiger partial charge in [0.2, 0.25) is 5.91 Å². The van der Waals surface area contributed by atoms with Crippen LogP contribution in [0.5, 0.6) is 0 Å². The SMILES string of the molecule is Cn1cccc1C(=O)N1CCCN(C(=O)CCc2ccccc2)CC1. The second-order valence-electron chi connectivity index (χ2n) is 6.52. The highest BCUT2D eigenvalue weighted by Crippen LogP contribution is 2.11. The first-order valence-electron chi connectivity index (χ1n) is 8.87. The largest absolute Gasteiger partial charge is 0.347 e. The first-order valence-corrected chi connectivity index (χ1v) is 8.87. The minimum absolute atomic E-state index is 0.0473. The molecule has 0 aliphatic carbocycles. The fourth-order valence-corrected chi connectivity index (χ4v) is 3.27. The molecule has 2 amide bonds. The number of carbonyl (C=O) groups is 2. The number of benzene rings is 1. The van der Waals surface area contributed by atoms with Gasteiger partial charge in [0, 0.05) is 45.8 Å². The lowest BCUT2D eigenvalue weighted by atomic mass is 10.1. The number of rotatable bonds is 4. The van der Waals surface area contributed by atoms with Crippen molar-refractivity contribution in [1.29, 1.82) is 0 Å². The van der Waals surface area contributed by atoms with E-state index in [0.29, 0.717) is 31.7 Å². The van der Waals surface area contributed by atoms with Crippen LogP contribution in [-0.2, 0) is 18.3 Å². The van der Waals surface area contributed by atoms with E-state index in [1.165, 1.54) is 5.56 Å². The average Bonchev–Trinajstić information content (AvgIpc) is 2.92. The van der Waals surface area contributed by atoms with E-state index < -0.39 is 0 Å². The zero-order chi connectivity index (χ0) is 17.6. The molecule has 0 N–H and O–H groups in total. The summed E-state index contributed by atoms with van der Waals surface area (Å²) in [4.78, 5) is 28.9. The van der Waals surface area contributed by atoms with Crippen molar-refractivity contribution in [2.24, 2.45) is 7.05 Å². The molecule has 0 spiro atoms. The Balaban J connectivity index is 1.53. The molecule has 0 unspecified atom stereocenters. The Hall–Kier alpha value is -2.56. The van der Waals surface area contributed by atoms with Crippen molar-refractivity contribution in [1.82, 2.24) is 14.4 Å². The smallest absolute Gasteiger partial charge is 0.270 e. The number of carbonyl (C=O) groups excluding carboxylic acids is 2. The minimum Gasteiger partial charge on any atom is -0.347 e. The monoisotopic (exact) mass is 339 g/mol. The zero-order valence-corrected chi connectivity index (χ0v) is 14.7. The summed E-state index contributed by atoms with van der Waals surface area (Å²) < 4.78 is 1.84. The van der Waals surface area contributed by atoms with Crippen LogP contribution in [0.4, 0.5) is 0 Å². The van der Waals surface area contributed by atoms with E-state index in [9.17, 15) is 9.59 Å². The van der Waals surface area contributed by atoms with Gasteiger partial charge in [-0.1, -0.05) is 30.3 Å². The Morgan fingerprint density at radius 1 is 0.920 bits per heavy atom. The Bertz CT molecular complexity index is 724. The number of hydrogen-bond acceptors (Lipinski definition) is 2. The summed E-state index contributed by atoms with van der Waals surface area (Å²) in [6.45, 7) is 2.64. The van der Waals surface area contributed by atoms with Crippen LogP contribution in [0, 0.1) is 0 Å². The molecule has 1 aromatic carbocycles. The Morgan fingerprint density at radius 2 is 1.64 bits per heavy atom. The average molecular weight is 339 g/mol. The Kier molecular flexibility index (Phi) is 5.53. The summed E-state index contributed by atoms with van der Waals surface area (Å²) in [7, 11) is 1.88. The van der Waals surface area contributed by atoms with Gasteiger partial charge in [-0.25, -0.2) is 0 Å². The molecule has 1 aliphatic rings. The lowest BCUT2D eigenvalue weighted by Crippen LogP contribution is -2.37. The molecule has 5 nitrogen and oxygen atoms in total. The maximum absolute atomic E-state index is 12.6. The molecule has 1 aliphatic heterocycles. The number of aryl methyl sites for hydroxylation is 2. The van der Waals surface area contributed by atoms with Crippen LogP contribution < -0.4 is 0 Å². The quantitative estimate of drug-likeness (QED) is 0.858. The van der Waals surface area contributed by atoms with Gasteiger partial charge in [-0.15, -0.1) is 0 Å². The van der Waals surface area contributed by atoms with Gasteiger partial charge in [0.1, 0.15) is 5.69 Å². The number of nitrogens with zero attached hydrogens (tertiary/aromatic N) is 3. The predicted octanol–water partition coefficient (Wildman–Crippen LogP) is 2.33. The van der Waals surface area contributed by atoms with Crippen LogP contribution in [0.1, 0.15) is 28.9 Å². The van der Waals surface area contributed by atoms with Crippen molar-refractivity contribution >= 4 is 11.8 Å². The van der Waals surface area contributed by atoms with Crippen LogP contribution in [0.15, 0.2) is 48.7 Å². The normalized spacial score (nSPS) is 15.1. The van der Waals surface area contributed by atoms with Crippen LogP contribution in [-0.4, -0.2) is 52.4 Å². The lowest BCUT2D eigenvalue weighted by molar-refractivity contribution is -0.131. The van der Waals surface area contributed by atoms with Crippen molar-refractivity contribution in [2.75, 3.05) is 26.2 Å². The molecule has 1 fully saturated rings. The van der Waals surface area contributed by atoms with Crippen molar-refractivity contribution < 1.29 is 9.59 Å². The second kappa shape index (κ2) is 8.01. The molecular weight excluding hydrogens is 314 g/mol. The zero-order valence-electron chi connectivity index (χ0n) is 14.7. The molecule has 2 heterocycles. The Labute approximate surface area is 148 Å². The van der Waals surface area contributed by atoms with Crippen LogP contribution in [0.2, 0.25) is 0 Å². The summed E-state index contributed by atoms with van der Waals surface area (Å²) in [6, 6.07) is 13.8. The van der Waals surface area contributed by atoms with Gasteiger partial charge in [0.05, 0.1) is 0 Å². The van der Waals surface area contributed by atoms with E-state index >= 15 is 0 Å². The lowest BCUT2D eigenvalue weighted by Gasteiger charge is -2.22. The van der Waals surface area contributed by atoms with Gasteiger partial charge in [-0.3, -0.25) is 9.59 Å². The van der Waals surface area contributed by atoms with Crippen molar-refractivity contribution in [3.63, 3.8) is 0 Å². The van der Waals surface area contributed by atoms with Gasteiger partial charge in [-0.05, 0) is 30.5 Å². The van der Waals surface area contributed by atoms with Crippen LogP contribution in [0.3, 0.4) is 0 Å². The highest BCUT2D eigenvalue weighted by atomic mass is 16.2. The molecule has 2 aromatic rings. The van der Waals surface area contributed by atoms with E-state index in [4.69, 9.17) is 0 Å². The molecule has 0 saturated carbocycles. The second-order valence-corrected chi connectivity index (χ2v) is 6.52. The summed E-state index contributed by atoms with van der Waals surface area (Å²) in [5.74, 6) is 0.225. The highest BCUT2D eigenvalue weighted by Gasteiger charge is 2.23. The topological polar surface area (TPSA) is 45.6 Å². The third-order valence-corrected chi connectivity index (χ3v) is 4.77. The van der Waals surface area contributed by atoms with E-state index in [2.05, 4.69) is 12.1 Å². The first-order chi connectivity index (χ1) is 12.1. The van der Waals surface area contributed by atoms with Crippen LogP contribution in [0.25, 0.3) is 0 Å². The van der Waals surface area contributed by atoms with Crippen molar-refractivity contribution in [3.05, 3.63) is 59.9 Å². The van der Waals surface area contributed by atoms with Gasteiger partial charge in [0.25, 0.3) is 5.91 Å². The van der Waals surface area contributed by atoms with Gasteiger partial charge in [0.15, 0.2) is 0 Å².